The molecule has 1 aliphatic carbocycles. The summed E-state index contributed by atoms with van der Waals surface area (Å²) in [7, 11) is 0. The van der Waals surface area contributed by atoms with Crippen LogP contribution in [0.4, 0.5) is 5.69 Å². The molecule has 6 heteroatoms. The summed E-state index contributed by atoms with van der Waals surface area (Å²) in [5.74, 6) is 1.23. The number of thiophene rings is 1. The van der Waals surface area contributed by atoms with E-state index in [9.17, 15) is 0 Å². The number of allylic oxidation sites excluding steroid dienone is 1. The third-order valence-corrected chi connectivity index (χ3v) is 6.37. The van der Waals surface area contributed by atoms with Crippen LogP contribution in [0.1, 0.15) is 35.0 Å². The van der Waals surface area contributed by atoms with E-state index in [0.717, 1.165) is 34.5 Å². The van der Waals surface area contributed by atoms with Crippen LogP contribution in [0.3, 0.4) is 0 Å². The molecule has 0 unspecified atom stereocenters. The van der Waals surface area contributed by atoms with Crippen molar-refractivity contribution in [2.45, 2.75) is 38.3 Å². The number of anilines is 1. The maximum absolute atomic E-state index is 6.37. The number of furan rings is 1. The van der Waals surface area contributed by atoms with E-state index in [0.29, 0.717) is 17.6 Å². The van der Waals surface area contributed by atoms with E-state index in [2.05, 4.69) is 29.4 Å². The van der Waals surface area contributed by atoms with E-state index in [1.165, 1.54) is 10.4 Å². The Morgan fingerprint density at radius 3 is 3.00 bits per heavy atom. The summed E-state index contributed by atoms with van der Waals surface area (Å²) in [6.45, 7) is 2.74. The van der Waals surface area contributed by atoms with Gasteiger partial charge in [0.05, 0.1) is 28.7 Å². The number of aromatic nitrogens is 1. The number of rotatable bonds is 4. The molecule has 0 aliphatic heterocycles. The van der Waals surface area contributed by atoms with Crippen molar-refractivity contribution in [1.82, 2.24) is 4.98 Å². The average Bonchev–Trinajstić information content (AvgIpc) is 3.22. The van der Waals surface area contributed by atoms with Gasteiger partial charge in [0, 0.05) is 22.9 Å². The predicted molar refractivity (Wildman–Crippen MR) is 104 cm³/mol. The molecule has 0 amide bonds. The molecule has 0 saturated heterocycles. The van der Waals surface area contributed by atoms with Gasteiger partial charge in [0.25, 0.3) is 0 Å². The molecule has 2 atom stereocenters. The van der Waals surface area contributed by atoms with Gasteiger partial charge in [-0.05, 0) is 37.5 Å². The minimum atomic E-state index is 0.159. The zero-order valence-electron chi connectivity index (χ0n) is 14.0. The molecule has 0 bridgehead atoms. The summed E-state index contributed by atoms with van der Waals surface area (Å²) in [6.07, 6.45) is 8.00. The van der Waals surface area contributed by atoms with Gasteiger partial charge in [-0.1, -0.05) is 23.8 Å². The largest absolute Gasteiger partial charge is 0.467 e. The highest BCUT2D eigenvalue weighted by atomic mass is 35.5. The molecule has 3 heterocycles. The van der Waals surface area contributed by atoms with E-state index in [-0.39, 0.29) is 6.04 Å². The van der Waals surface area contributed by atoms with Crippen LogP contribution in [0, 0.1) is 6.92 Å². The number of fused-ring (bicyclic) bond motifs is 1. The Morgan fingerprint density at radius 2 is 2.24 bits per heavy atom. The van der Waals surface area contributed by atoms with E-state index in [1.807, 2.05) is 18.2 Å². The highest BCUT2D eigenvalue weighted by Crippen LogP contribution is 2.42. The fourth-order valence-electron chi connectivity index (χ4n) is 3.38. The quantitative estimate of drug-likeness (QED) is 0.485. The Kier molecular flexibility index (Phi) is 4.54. The summed E-state index contributed by atoms with van der Waals surface area (Å²) in [5, 5.41) is 3.93. The lowest BCUT2D eigenvalue weighted by atomic mass is 9.87. The van der Waals surface area contributed by atoms with Gasteiger partial charge in [-0.3, -0.25) is 0 Å². The second-order valence-electron chi connectivity index (χ2n) is 6.41. The Balaban J connectivity index is 1.73. The Bertz CT molecular complexity index is 917. The van der Waals surface area contributed by atoms with Crippen LogP contribution < -0.4 is 11.1 Å². The summed E-state index contributed by atoms with van der Waals surface area (Å²) < 4.78 is 6.53. The second kappa shape index (κ2) is 6.83. The third-order valence-electron chi connectivity index (χ3n) is 4.73. The van der Waals surface area contributed by atoms with E-state index in [1.54, 1.807) is 17.6 Å². The van der Waals surface area contributed by atoms with Crippen LogP contribution in [0.15, 0.2) is 41.0 Å². The highest BCUT2D eigenvalue weighted by Gasteiger charge is 2.26. The van der Waals surface area contributed by atoms with Gasteiger partial charge in [-0.25, -0.2) is 4.98 Å². The molecule has 130 valence electrons. The van der Waals surface area contributed by atoms with E-state index in [4.69, 9.17) is 21.8 Å². The van der Waals surface area contributed by atoms with Gasteiger partial charge in [-0.2, -0.15) is 0 Å². The smallest absolute Gasteiger partial charge is 0.131 e. The van der Waals surface area contributed by atoms with Gasteiger partial charge < -0.3 is 15.5 Å². The van der Waals surface area contributed by atoms with Gasteiger partial charge in [0.15, 0.2) is 0 Å². The number of halogens is 1. The Labute approximate surface area is 155 Å². The van der Waals surface area contributed by atoms with Crippen molar-refractivity contribution in [2.24, 2.45) is 5.73 Å². The molecule has 4 rings (SSSR count). The summed E-state index contributed by atoms with van der Waals surface area (Å²) >= 11 is 8.05. The number of nitrogens with zero attached hydrogens (tertiary/aromatic N) is 1. The van der Waals surface area contributed by atoms with E-state index >= 15 is 0 Å². The van der Waals surface area contributed by atoms with Crippen molar-refractivity contribution in [1.29, 1.82) is 0 Å². The van der Waals surface area contributed by atoms with Crippen molar-refractivity contribution < 1.29 is 4.42 Å². The predicted octanol–water partition coefficient (Wildman–Crippen LogP) is 5.22. The Morgan fingerprint density at radius 1 is 1.40 bits per heavy atom. The average molecular weight is 374 g/mol. The number of hydrogen-bond donors (Lipinski definition) is 2. The highest BCUT2D eigenvalue weighted by molar-refractivity contribution is 7.20. The normalized spacial score (nSPS) is 20.3. The molecule has 0 saturated carbocycles. The van der Waals surface area contributed by atoms with Crippen LogP contribution in [0.2, 0.25) is 5.15 Å². The molecule has 3 aromatic rings. The zero-order chi connectivity index (χ0) is 17.4. The van der Waals surface area contributed by atoms with Crippen molar-refractivity contribution >= 4 is 38.8 Å². The van der Waals surface area contributed by atoms with Crippen molar-refractivity contribution in [2.75, 3.05) is 5.32 Å². The molecule has 3 N–H and O–H groups in total. The standard InChI is InChI=1S/C19H20ClN3OS/c1-11-17-19(25-18(11)13-6-2-3-7-14(13)21)15(9-16(20)23-17)22-10-12-5-4-8-24-12/h2-5,8-9,13-14H,6-7,10,21H2,1H3,(H,22,23)/t13-,14-/m0/s1. The van der Waals surface area contributed by atoms with Crippen LogP contribution in [-0.4, -0.2) is 11.0 Å². The number of nitrogens with one attached hydrogen (secondary N) is 1. The lowest BCUT2D eigenvalue weighted by Gasteiger charge is -2.24. The van der Waals surface area contributed by atoms with Crippen LogP contribution in [0.5, 0.6) is 0 Å². The zero-order valence-corrected chi connectivity index (χ0v) is 15.5. The first-order chi connectivity index (χ1) is 12.1. The molecule has 3 aromatic heterocycles. The molecular formula is C19H20ClN3OS. The second-order valence-corrected chi connectivity index (χ2v) is 7.85. The summed E-state index contributed by atoms with van der Waals surface area (Å²) in [6, 6.07) is 5.88. The number of aryl methyl sites for hydroxylation is 1. The Hall–Kier alpha value is -1.82. The summed E-state index contributed by atoms with van der Waals surface area (Å²) in [5.41, 5.74) is 9.53. The van der Waals surface area contributed by atoms with Crippen LogP contribution in [0.25, 0.3) is 10.2 Å². The monoisotopic (exact) mass is 373 g/mol. The number of hydrogen-bond acceptors (Lipinski definition) is 5. The number of pyridine rings is 1. The van der Waals surface area contributed by atoms with Crippen molar-refractivity contribution in [3.63, 3.8) is 0 Å². The lowest BCUT2D eigenvalue weighted by Crippen LogP contribution is -2.29. The molecule has 4 nitrogen and oxygen atoms in total. The van der Waals surface area contributed by atoms with Crippen LogP contribution in [-0.2, 0) is 6.54 Å². The first-order valence-corrected chi connectivity index (χ1v) is 9.59. The van der Waals surface area contributed by atoms with Gasteiger partial charge in [0.1, 0.15) is 10.9 Å². The topological polar surface area (TPSA) is 64.1 Å². The number of nitrogens with two attached hydrogens (primary N) is 1. The summed E-state index contributed by atoms with van der Waals surface area (Å²) in [4.78, 5) is 5.90. The van der Waals surface area contributed by atoms with Gasteiger partial charge >= 0.3 is 0 Å². The molecule has 25 heavy (non-hydrogen) atoms. The first-order valence-electron chi connectivity index (χ1n) is 8.40. The maximum atomic E-state index is 6.37. The minimum absolute atomic E-state index is 0.159. The van der Waals surface area contributed by atoms with Crippen molar-refractivity contribution in [3.8, 4) is 0 Å². The van der Waals surface area contributed by atoms with Crippen LogP contribution >= 0.6 is 22.9 Å². The molecule has 1 aliphatic rings. The SMILES string of the molecule is Cc1c([C@H]2CC=CC[C@@H]2N)sc2c(NCc3ccco3)cc(Cl)nc12. The third kappa shape index (κ3) is 3.19. The molecular weight excluding hydrogens is 354 g/mol. The maximum Gasteiger partial charge on any atom is 0.131 e. The minimum Gasteiger partial charge on any atom is -0.467 e. The van der Waals surface area contributed by atoms with Crippen molar-refractivity contribution in [3.05, 3.63) is 58.0 Å². The van der Waals surface area contributed by atoms with E-state index < -0.39 is 0 Å². The molecule has 0 aromatic carbocycles. The van der Waals surface area contributed by atoms with Gasteiger partial charge in [-0.15, -0.1) is 11.3 Å². The van der Waals surface area contributed by atoms with Gasteiger partial charge in [0.2, 0.25) is 0 Å². The fraction of sp³-hybridized carbons (Fsp3) is 0.316. The molecule has 0 radical (unpaired) electrons. The lowest BCUT2D eigenvalue weighted by molar-refractivity contribution is 0.518. The fourth-order valence-corrected chi connectivity index (χ4v) is 5.00. The molecule has 0 fully saturated rings. The molecule has 0 spiro atoms. The first kappa shape index (κ1) is 16.6.